The minimum atomic E-state index is -3.10. The molecule has 0 fully saturated rings. The second-order valence-corrected chi connectivity index (χ2v) is 2.57. The Bertz CT molecular complexity index is 441. The highest BCUT2D eigenvalue weighted by Gasteiger charge is 2.19. The van der Waals surface area contributed by atoms with Crippen LogP contribution in [0.4, 0.5) is 13.2 Å². The fourth-order valence-electron chi connectivity index (χ4n) is 0.932. The minimum Gasteiger partial charge on any atom is -0.464 e. The van der Waals surface area contributed by atoms with Crippen LogP contribution in [0.5, 0.6) is 0 Å². The zero-order valence-electron chi connectivity index (χ0n) is 7.51. The van der Waals surface area contributed by atoms with Crippen molar-refractivity contribution in [1.82, 2.24) is 4.98 Å². The summed E-state index contributed by atoms with van der Waals surface area (Å²) in [6.45, 7) is 0. The number of ether oxygens (including phenoxy) is 1. The van der Waals surface area contributed by atoms with Gasteiger partial charge in [0.1, 0.15) is 0 Å². The first-order valence-electron chi connectivity index (χ1n) is 3.76. The number of aromatic nitrogens is 1. The first-order valence-corrected chi connectivity index (χ1v) is 3.76. The number of methoxy groups -OCH3 is 1. The van der Waals surface area contributed by atoms with Crippen LogP contribution in [0.15, 0.2) is 10.9 Å². The van der Waals surface area contributed by atoms with Gasteiger partial charge >= 0.3 is 5.97 Å². The summed E-state index contributed by atoms with van der Waals surface area (Å²) in [7, 11) is 0.973. The Morgan fingerprint density at radius 3 is 2.60 bits per heavy atom. The highest BCUT2D eigenvalue weighted by Crippen LogP contribution is 2.16. The molecule has 0 bridgehead atoms. The van der Waals surface area contributed by atoms with E-state index >= 15 is 0 Å². The monoisotopic (exact) mass is 221 g/mol. The smallest absolute Gasteiger partial charge is 0.357 e. The first-order chi connectivity index (χ1) is 6.97. The van der Waals surface area contributed by atoms with Gasteiger partial charge in [-0.3, -0.25) is 4.79 Å². The lowest BCUT2D eigenvalue weighted by molar-refractivity contribution is 0.0587. The van der Waals surface area contributed by atoms with E-state index in [2.05, 4.69) is 4.74 Å². The van der Waals surface area contributed by atoms with Crippen molar-refractivity contribution in [3.05, 3.63) is 33.5 Å². The van der Waals surface area contributed by atoms with Crippen LogP contribution in [0.2, 0.25) is 0 Å². The summed E-state index contributed by atoms with van der Waals surface area (Å²) in [5.74, 6) is -2.39. The van der Waals surface area contributed by atoms with Gasteiger partial charge in [-0.25, -0.2) is 18.0 Å². The molecule has 0 amide bonds. The van der Waals surface area contributed by atoms with Crippen molar-refractivity contribution in [2.75, 3.05) is 7.11 Å². The van der Waals surface area contributed by atoms with Crippen LogP contribution in [0.25, 0.3) is 0 Å². The number of hydrogen-bond donors (Lipinski definition) is 1. The van der Waals surface area contributed by atoms with E-state index in [9.17, 15) is 22.8 Å². The Kier molecular flexibility index (Phi) is 3.13. The largest absolute Gasteiger partial charge is 0.464 e. The number of carbonyl (C=O) groups is 1. The number of nitrogens with one attached hydrogen (secondary N) is 1. The molecule has 0 unspecified atom stereocenters. The molecule has 82 valence electrons. The van der Waals surface area contributed by atoms with Gasteiger partial charge in [-0.1, -0.05) is 0 Å². The van der Waals surface area contributed by atoms with Crippen molar-refractivity contribution in [1.29, 1.82) is 0 Å². The van der Waals surface area contributed by atoms with Gasteiger partial charge in [0.15, 0.2) is 11.5 Å². The molecule has 7 heteroatoms. The third-order valence-electron chi connectivity index (χ3n) is 1.65. The standard InChI is InChI=1S/C8H6F3NO3/c1-15-8(14)5-4(9)2-3(6(10)11)7(13)12-5/h2,6H,1H3,(H,12,13). The Labute approximate surface area is 81.7 Å². The second-order valence-electron chi connectivity index (χ2n) is 2.57. The number of alkyl halides is 2. The molecule has 0 atom stereocenters. The lowest BCUT2D eigenvalue weighted by Crippen LogP contribution is -2.20. The number of H-pyrrole nitrogens is 1. The molecule has 0 aliphatic carbocycles. The molecular weight excluding hydrogens is 215 g/mol. The van der Waals surface area contributed by atoms with Crippen molar-refractivity contribution >= 4 is 5.97 Å². The number of pyridine rings is 1. The topological polar surface area (TPSA) is 59.2 Å². The van der Waals surface area contributed by atoms with Gasteiger partial charge in [-0.2, -0.15) is 0 Å². The molecule has 4 nitrogen and oxygen atoms in total. The summed E-state index contributed by atoms with van der Waals surface area (Å²) in [6, 6.07) is 0.315. The van der Waals surface area contributed by atoms with Crippen molar-refractivity contribution < 1.29 is 22.7 Å². The van der Waals surface area contributed by atoms with E-state index in [1.54, 1.807) is 4.98 Å². The van der Waals surface area contributed by atoms with Crippen LogP contribution in [0.1, 0.15) is 22.5 Å². The summed E-state index contributed by atoms with van der Waals surface area (Å²) < 4.78 is 41.4. The Morgan fingerprint density at radius 1 is 1.53 bits per heavy atom. The number of rotatable bonds is 2. The fraction of sp³-hybridized carbons (Fsp3) is 0.250. The molecule has 0 saturated heterocycles. The van der Waals surface area contributed by atoms with E-state index in [0.29, 0.717) is 6.07 Å². The Morgan fingerprint density at radius 2 is 2.13 bits per heavy atom. The van der Waals surface area contributed by atoms with E-state index in [1.807, 2.05) is 0 Å². The highest BCUT2D eigenvalue weighted by molar-refractivity contribution is 5.87. The van der Waals surface area contributed by atoms with Crippen LogP contribution in [0.3, 0.4) is 0 Å². The molecule has 1 rings (SSSR count). The van der Waals surface area contributed by atoms with Gasteiger partial charge in [0.25, 0.3) is 12.0 Å². The molecule has 15 heavy (non-hydrogen) atoms. The highest BCUT2D eigenvalue weighted by atomic mass is 19.3. The summed E-state index contributed by atoms with van der Waals surface area (Å²) in [6.07, 6.45) is -3.10. The molecular formula is C8H6F3NO3. The summed E-state index contributed by atoms with van der Waals surface area (Å²) in [5, 5.41) is 0. The average Bonchev–Trinajstić information content (AvgIpc) is 2.19. The van der Waals surface area contributed by atoms with Gasteiger partial charge in [-0.05, 0) is 6.07 Å². The number of aromatic amines is 1. The molecule has 0 spiro atoms. The first kappa shape index (κ1) is 11.3. The number of hydrogen-bond acceptors (Lipinski definition) is 3. The quantitative estimate of drug-likeness (QED) is 0.764. The summed E-state index contributed by atoms with van der Waals surface area (Å²) in [5.41, 5.74) is -3.01. The minimum absolute atomic E-state index is 0.315. The van der Waals surface area contributed by atoms with Crippen molar-refractivity contribution in [3.63, 3.8) is 0 Å². The van der Waals surface area contributed by atoms with Gasteiger partial charge in [0.05, 0.1) is 12.7 Å². The maximum atomic E-state index is 13.0. The molecule has 1 aromatic heterocycles. The summed E-state index contributed by atoms with van der Waals surface area (Å²) >= 11 is 0. The SMILES string of the molecule is COC(=O)c1[nH]c(=O)c(C(F)F)cc1F. The lowest BCUT2D eigenvalue weighted by atomic mass is 10.2. The van der Waals surface area contributed by atoms with Crippen LogP contribution in [0, 0.1) is 5.82 Å². The molecule has 1 aromatic rings. The number of carbonyl (C=O) groups excluding carboxylic acids is 1. The summed E-state index contributed by atoms with van der Waals surface area (Å²) in [4.78, 5) is 23.5. The van der Waals surface area contributed by atoms with E-state index < -0.39 is 35.0 Å². The Balaban J connectivity index is 3.32. The van der Waals surface area contributed by atoms with Gasteiger partial charge in [0.2, 0.25) is 0 Å². The normalized spacial score (nSPS) is 10.5. The van der Waals surface area contributed by atoms with Crippen molar-refractivity contribution in [3.8, 4) is 0 Å². The van der Waals surface area contributed by atoms with Crippen LogP contribution < -0.4 is 5.56 Å². The maximum Gasteiger partial charge on any atom is 0.357 e. The van der Waals surface area contributed by atoms with E-state index in [-0.39, 0.29) is 0 Å². The predicted molar refractivity (Wildman–Crippen MR) is 43.3 cm³/mol. The van der Waals surface area contributed by atoms with Crippen molar-refractivity contribution in [2.45, 2.75) is 6.43 Å². The van der Waals surface area contributed by atoms with Gasteiger partial charge < -0.3 is 9.72 Å². The van der Waals surface area contributed by atoms with Crippen LogP contribution in [-0.2, 0) is 4.74 Å². The molecule has 0 radical (unpaired) electrons. The maximum absolute atomic E-state index is 13.0. The molecule has 1 heterocycles. The number of halogens is 3. The third-order valence-corrected chi connectivity index (χ3v) is 1.65. The average molecular weight is 221 g/mol. The second kappa shape index (κ2) is 4.16. The zero-order chi connectivity index (χ0) is 11.6. The van der Waals surface area contributed by atoms with Crippen molar-refractivity contribution in [2.24, 2.45) is 0 Å². The lowest BCUT2D eigenvalue weighted by Gasteiger charge is -2.03. The van der Waals surface area contributed by atoms with Gasteiger partial charge in [-0.15, -0.1) is 0 Å². The predicted octanol–water partition coefficient (Wildman–Crippen LogP) is 1.24. The van der Waals surface area contributed by atoms with Crippen LogP contribution in [-0.4, -0.2) is 18.1 Å². The van der Waals surface area contributed by atoms with E-state index in [0.717, 1.165) is 7.11 Å². The van der Waals surface area contributed by atoms with E-state index in [1.165, 1.54) is 0 Å². The zero-order valence-corrected chi connectivity index (χ0v) is 7.51. The fourth-order valence-corrected chi connectivity index (χ4v) is 0.932. The molecule has 0 aliphatic heterocycles. The Hall–Kier alpha value is -1.79. The number of esters is 1. The molecule has 1 N–H and O–H groups in total. The van der Waals surface area contributed by atoms with E-state index in [4.69, 9.17) is 0 Å². The van der Waals surface area contributed by atoms with Gasteiger partial charge in [0, 0.05) is 0 Å². The molecule has 0 saturated carbocycles. The molecule has 0 aromatic carbocycles. The third kappa shape index (κ3) is 2.17. The molecule has 0 aliphatic rings. The van der Waals surface area contributed by atoms with Crippen LogP contribution >= 0.6 is 0 Å².